The summed E-state index contributed by atoms with van der Waals surface area (Å²) >= 11 is 6.21. The largest absolute Gasteiger partial charge is 0.545 e. The molecule has 24 heavy (non-hydrogen) atoms. The van der Waals surface area contributed by atoms with Crippen molar-refractivity contribution < 1.29 is 27.8 Å². The summed E-state index contributed by atoms with van der Waals surface area (Å²) in [5, 5.41) is 11.3. The number of fused-ring (bicyclic) bond motifs is 1. The Morgan fingerprint density at radius 2 is 2.08 bits per heavy atom. The van der Waals surface area contributed by atoms with E-state index in [2.05, 4.69) is 0 Å². The molecule has 1 unspecified atom stereocenters. The highest BCUT2D eigenvalue weighted by Gasteiger charge is 2.46. The van der Waals surface area contributed by atoms with E-state index >= 15 is 0 Å². The Labute approximate surface area is 140 Å². The van der Waals surface area contributed by atoms with Crippen molar-refractivity contribution in [3.8, 4) is 5.75 Å². The minimum atomic E-state index is -4.86. The van der Waals surface area contributed by atoms with E-state index in [1.165, 1.54) is 12.1 Å². The van der Waals surface area contributed by atoms with Crippen LogP contribution in [0.4, 0.5) is 18.9 Å². The molecule has 0 spiro atoms. The van der Waals surface area contributed by atoms with Crippen LogP contribution in [0.2, 0.25) is 5.02 Å². The van der Waals surface area contributed by atoms with Crippen LogP contribution in [0.15, 0.2) is 29.9 Å². The van der Waals surface area contributed by atoms with Crippen LogP contribution in [0.5, 0.6) is 5.75 Å². The van der Waals surface area contributed by atoms with Crippen LogP contribution in [0.1, 0.15) is 12.0 Å². The van der Waals surface area contributed by atoms with Crippen molar-refractivity contribution in [2.75, 3.05) is 18.0 Å². The van der Waals surface area contributed by atoms with Gasteiger partial charge in [0.15, 0.2) is 0 Å². The molecule has 0 bridgehead atoms. The zero-order valence-corrected chi connectivity index (χ0v) is 13.0. The fourth-order valence-corrected chi connectivity index (χ4v) is 3.01. The number of halogens is 4. The second-order valence-corrected chi connectivity index (χ2v) is 5.88. The summed E-state index contributed by atoms with van der Waals surface area (Å²) in [4.78, 5) is 12.9. The van der Waals surface area contributed by atoms with Gasteiger partial charge >= 0.3 is 6.18 Å². The maximum Gasteiger partial charge on any atom is 0.429 e. The first-order valence-electron chi connectivity index (χ1n) is 7.17. The number of hydrogen-bond donors (Lipinski definition) is 0. The number of carboxylic acid groups (broad SMARTS) is 1. The fourth-order valence-electron chi connectivity index (χ4n) is 2.72. The number of benzene rings is 1. The summed E-state index contributed by atoms with van der Waals surface area (Å²) < 4.78 is 44.2. The van der Waals surface area contributed by atoms with Crippen molar-refractivity contribution in [3.05, 3.63) is 40.4 Å². The van der Waals surface area contributed by atoms with Gasteiger partial charge in [0.05, 0.1) is 16.7 Å². The maximum absolute atomic E-state index is 13.1. The molecule has 4 nitrogen and oxygen atoms in total. The lowest BCUT2D eigenvalue weighted by molar-refractivity contribution is -0.302. The Balaban J connectivity index is 2.04. The van der Waals surface area contributed by atoms with E-state index in [9.17, 15) is 23.1 Å². The Morgan fingerprint density at radius 3 is 2.67 bits per heavy atom. The average molecular weight is 359 g/mol. The number of hydrogen-bond acceptors (Lipinski definition) is 4. The molecule has 2 heterocycles. The van der Waals surface area contributed by atoms with Gasteiger partial charge in [-0.15, -0.1) is 0 Å². The van der Waals surface area contributed by atoms with Gasteiger partial charge in [0.1, 0.15) is 5.75 Å². The van der Waals surface area contributed by atoms with Crippen LogP contribution in [0.3, 0.4) is 0 Å². The lowest BCUT2D eigenvalue weighted by atomic mass is 10.0. The van der Waals surface area contributed by atoms with Crippen LogP contribution in [-0.4, -0.2) is 31.3 Å². The fraction of sp³-hybridized carbons (Fsp3) is 0.312. The van der Waals surface area contributed by atoms with E-state index in [0.717, 1.165) is 12.5 Å². The number of carbonyl (C=O) groups is 1. The summed E-state index contributed by atoms with van der Waals surface area (Å²) in [6, 6.07) is 2.82. The molecular formula is C16H12ClF3NO3-. The normalized spacial score (nSPS) is 20.2. The molecule has 0 N–H and O–H groups in total. The molecule has 0 radical (unpaired) electrons. The third-order valence-corrected chi connectivity index (χ3v) is 4.15. The topological polar surface area (TPSA) is 52.6 Å². The van der Waals surface area contributed by atoms with Gasteiger partial charge in [-0.1, -0.05) is 23.8 Å². The molecule has 0 saturated carbocycles. The van der Waals surface area contributed by atoms with Crippen LogP contribution in [-0.2, 0) is 4.79 Å². The number of alkyl halides is 3. The highest BCUT2D eigenvalue weighted by atomic mass is 35.5. The summed E-state index contributed by atoms with van der Waals surface area (Å²) in [6.07, 6.45) is -1.78. The molecular weight excluding hydrogens is 347 g/mol. The van der Waals surface area contributed by atoms with E-state index < -0.39 is 23.8 Å². The highest BCUT2D eigenvalue weighted by Crippen LogP contribution is 2.41. The van der Waals surface area contributed by atoms with Crippen LogP contribution < -0.4 is 14.7 Å². The average Bonchev–Trinajstić information content (AvgIpc) is 2.53. The third-order valence-electron chi connectivity index (χ3n) is 3.85. The van der Waals surface area contributed by atoms with Gasteiger partial charge in [0.2, 0.25) is 6.10 Å². The van der Waals surface area contributed by atoms with Gasteiger partial charge < -0.3 is 19.5 Å². The first kappa shape index (κ1) is 16.7. The Bertz CT molecular complexity index is 743. The zero-order chi connectivity index (χ0) is 17.5. The van der Waals surface area contributed by atoms with Crippen LogP contribution in [0.25, 0.3) is 6.08 Å². The Kier molecular flexibility index (Phi) is 4.21. The summed E-state index contributed by atoms with van der Waals surface area (Å²) in [7, 11) is 0. The van der Waals surface area contributed by atoms with E-state index in [-0.39, 0.29) is 11.3 Å². The van der Waals surface area contributed by atoms with Crippen molar-refractivity contribution in [1.82, 2.24) is 0 Å². The van der Waals surface area contributed by atoms with Crippen LogP contribution in [0, 0.1) is 0 Å². The van der Waals surface area contributed by atoms with Crippen molar-refractivity contribution in [1.29, 1.82) is 0 Å². The monoisotopic (exact) mass is 358 g/mol. The first-order valence-corrected chi connectivity index (χ1v) is 7.55. The molecule has 0 amide bonds. The van der Waals surface area contributed by atoms with Gasteiger partial charge in [0.25, 0.3) is 0 Å². The number of rotatable bonds is 2. The second kappa shape index (κ2) is 6.05. The molecule has 3 rings (SSSR count). The molecule has 2 aliphatic rings. The van der Waals surface area contributed by atoms with Crippen molar-refractivity contribution in [2.45, 2.75) is 18.7 Å². The maximum atomic E-state index is 13.1. The predicted octanol–water partition coefficient (Wildman–Crippen LogP) is 2.56. The Morgan fingerprint density at radius 1 is 1.33 bits per heavy atom. The first-order chi connectivity index (χ1) is 11.3. The number of anilines is 1. The standard InChI is InChI=1S/C16H13ClF3NO3/c17-11-7-9-6-10(15(22)23)14(16(18,19)20)24-13(9)8-12(11)21-4-2-1-3-5-21/h1-2,6-8,14H,3-5H2,(H,22,23)/p-1. The number of aliphatic carboxylic acids is 1. The number of carbonyl (C=O) groups excluding carboxylic acids is 1. The summed E-state index contributed by atoms with van der Waals surface area (Å²) in [5.74, 6) is -1.99. The zero-order valence-electron chi connectivity index (χ0n) is 12.3. The molecule has 0 fully saturated rings. The Hall–Kier alpha value is -2.15. The molecule has 2 aliphatic heterocycles. The molecule has 0 saturated heterocycles. The van der Waals surface area contributed by atoms with Gasteiger partial charge in [-0.2, -0.15) is 13.2 Å². The predicted molar refractivity (Wildman–Crippen MR) is 80.9 cm³/mol. The quantitative estimate of drug-likeness (QED) is 0.762. The van der Waals surface area contributed by atoms with E-state index in [1.54, 1.807) is 0 Å². The number of carboxylic acids is 1. The van der Waals surface area contributed by atoms with Gasteiger partial charge in [0, 0.05) is 30.3 Å². The molecule has 1 aromatic carbocycles. The van der Waals surface area contributed by atoms with Crippen molar-refractivity contribution >= 4 is 29.3 Å². The van der Waals surface area contributed by atoms with Gasteiger partial charge in [-0.25, -0.2) is 0 Å². The molecule has 0 aliphatic carbocycles. The number of nitrogens with zero attached hydrogens (tertiary/aromatic N) is 1. The lowest BCUT2D eigenvalue weighted by Gasteiger charge is -2.32. The second-order valence-electron chi connectivity index (χ2n) is 5.47. The third kappa shape index (κ3) is 3.08. The summed E-state index contributed by atoms with van der Waals surface area (Å²) in [5.41, 5.74) is -0.248. The van der Waals surface area contributed by atoms with E-state index in [1.807, 2.05) is 17.1 Å². The van der Waals surface area contributed by atoms with Crippen LogP contribution >= 0.6 is 11.6 Å². The number of ether oxygens (including phenoxy) is 1. The molecule has 128 valence electrons. The smallest absolute Gasteiger partial charge is 0.429 e. The minimum absolute atomic E-state index is 0.0590. The van der Waals surface area contributed by atoms with Gasteiger partial charge in [-0.05, 0) is 18.6 Å². The lowest BCUT2D eigenvalue weighted by Crippen LogP contribution is -2.44. The minimum Gasteiger partial charge on any atom is -0.545 e. The molecule has 0 aromatic heterocycles. The highest BCUT2D eigenvalue weighted by molar-refractivity contribution is 6.33. The van der Waals surface area contributed by atoms with E-state index in [0.29, 0.717) is 23.8 Å². The van der Waals surface area contributed by atoms with Gasteiger partial charge in [-0.3, -0.25) is 0 Å². The van der Waals surface area contributed by atoms with Crippen molar-refractivity contribution in [2.24, 2.45) is 0 Å². The molecule has 8 heteroatoms. The van der Waals surface area contributed by atoms with E-state index in [4.69, 9.17) is 16.3 Å². The summed E-state index contributed by atoms with van der Waals surface area (Å²) in [6.45, 7) is 1.26. The molecule has 1 atom stereocenters. The van der Waals surface area contributed by atoms with Crippen molar-refractivity contribution in [3.63, 3.8) is 0 Å². The SMILES string of the molecule is O=C([O-])C1=Cc2cc(Cl)c(N3CC=CCC3)cc2OC1C(F)(F)F. The molecule has 1 aromatic rings.